The van der Waals surface area contributed by atoms with Gasteiger partial charge in [-0.2, -0.15) is 0 Å². The van der Waals surface area contributed by atoms with Crippen LogP contribution in [0.2, 0.25) is 0 Å². The van der Waals surface area contributed by atoms with E-state index in [1.54, 1.807) is 6.08 Å². The molecule has 154 valence electrons. The molecular formula is C25H21N3O3. The molecule has 1 aliphatic rings. The number of aromatic nitrogens is 2. The summed E-state index contributed by atoms with van der Waals surface area (Å²) in [7, 11) is 0. The van der Waals surface area contributed by atoms with Gasteiger partial charge in [-0.3, -0.25) is 4.79 Å². The van der Waals surface area contributed by atoms with E-state index in [9.17, 15) is 4.79 Å². The molecule has 0 spiro atoms. The molecule has 4 aromatic rings. The first kappa shape index (κ1) is 18.9. The van der Waals surface area contributed by atoms with Crippen molar-refractivity contribution >= 4 is 23.3 Å². The summed E-state index contributed by atoms with van der Waals surface area (Å²) in [4.78, 5) is 17.2. The van der Waals surface area contributed by atoms with Crippen LogP contribution in [-0.4, -0.2) is 22.1 Å². The van der Waals surface area contributed by atoms with E-state index in [0.29, 0.717) is 5.75 Å². The second-order valence-corrected chi connectivity index (χ2v) is 7.56. The Hall–Kier alpha value is -4.06. The normalized spacial score (nSPS) is 12.6. The van der Waals surface area contributed by atoms with Gasteiger partial charge in [-0.15, -0.1) is 0 Å². The molecule has 31 heavy (non-hydrogen) atoms. The lowest BCUT2D eigenvalue weighted by Crippen LogP contribution is -2.09. The Balaban J connectivity index is 1.35. The van der Waals surface area contributed by atoms with Crippen molar-refractivity contribution < 1.29 is 14.3 Å². The first-order chi connectivity index (χ1) is 15.0. The first-order valence-electron chi connectivity index (χ1n) is 10.0. The largest absolute Gasteiger partial charge is 0.454 e. The van der Waals surface area contributed by atoms with E-state index in [1.807, 2.05) is 79.2 Å². The van der Waals surface area contributed by atoms with Crippen molar-refractivity contribution in [1.82, 2.24) is 9.38 Å². The number of aryl methyl sites for hydroxylation is 2. The van der Waals surface area contributed by atoms with Gasteiger partial charge in [0, 0.05) is 29.7 Å². The van der Waals surface area contributed by atoms with Crippen molar-refractivity contribution in [3.63, 3.8) is 0 Å². The lowest BCUT2D eigenvalue weighted by molar-refractivity contribution is -0.111. The zero-order valence-corrected chi connectivity index (χ0v) is 17.3. The summed E-state index contributed by atoms with van der Waals surface area (Å²) < 4.78 is 12.7. The highest BCUT2D eigenvalue weighted by atomic mass is 16.7. The zero-order chi connectivity index (χ0) is 21.4. The minimum atomic E-state index is -0.205. The molecule has 1 amide bonds. The fourth-order valence-electron chi connectivity index (χ4n) is 3.50. The number of ether oxygens (including phenoxy) is 2. The number of hydrogen-bond donors (Lipinski definition) is 1. The minimum Gasteiger partial charge on any atom is -0.454 e. The number of rotatable bonds is 4. The molecule has 0 saturated heterocycles. The maximum Gasteiger partial charge on any atom is 0.248 e. The topological polar surface area (TPSA) is 64.9 Å². The monoisotopic (exact) mass is 411 g/mol. The quantitative estimate of drug-likeness (QED) is 0.480. The molecule has 2 aromatic heterocycles. The third kappa shape index (κ3) is 3.88. The van der Waals surface area contributed by atoms with Crippen molar-refractivity contribution in [2.45, 2.75) is 13.8 Å². The van der Waals surface area contributed by atoms with E-state index in [2.05, 4.69) is 5.32 Å². The van der Waals surface area contributed by atoms with Crippen LogP contribution < -0.4 is 14.8 Å². The van der Waals surface area contributed by atoms with Crippen LogP contribution in [0.15, 0.2) is 67.0 Å². The van der Waals surface area contributed by atoms with Crippen molar-refractivity contribution in [2.75, 3.05) is 12.1 Å². The number of anilines is 1. The van der Waals surface area contributed by atoms with Crippen LogP contribution in [0.4, 0.5) is 5.69 Å². The second kappa shape index (κ2) is 7.65. The molecule has 6 nitrogen and oxygen atoms in total. The van der Waals surface area contributed by atoms with Gasteiger partial charge in [0.25, 0.3) is 0 Å². The molecule has 0 bridgehead atoms. The molecule has 0 aliphatic carbocycles. The Morgan fingerprint density at radius 3 is 2.84 bits per heavy atom. The van der Waals surface area contributed by atoms with E-state index in [-0.39, 0.29) is 12.7 Å². The molecular weight excluding hydrogens is 390 g/mol. The van der Waals surface area contributed by atoms with E-state index < -0.39 is 0 Å². The number of carbonyl (C=O) groups is 1. The number of pyridine rings is 1. The molecule has 0 fully saturated rings. The van der Waals surface area contributed by atoms with Crippen LogP contribution >= 0.6 is 0 Å². The maximum atomic E-state index is 12.5. The predicted molar refractivity (Wildman–Crippen MR) is 120 cm³/mol. The molecule has 0 radical (unpaired) electrons. The molecule has 5 rings (SSSR count). The standard InChI is InChI=1S/C25H21N3O3/c1-16-9-10-28-14-21(26-24(28)11-16)19-6-3-17(2)20(13-19)27-25(29)8-5-18-4-7-22-23(12-18)31-15-30-22/h3-14H,15H2,1-2H3,(H,27,29)/b8-5+. The highest BCUT2D eigenvalue weighted by Gasteiger charge is 2.12. The summed E-state index contributed by atoms with van der Waals surface area (Å²) in [5.41, 5.74) is 6.46. The zero-order valence-electron chi connectivity index (χ0n) is 17.3. The van der Waals surface area contributed by atoms with Gasteiger partial charge in [-0.1, -0.05) is 18.2 Å². The van der Waals surface area contributed by atoms with Crippen molar-refractivity contribution in [1.29, 1.82) is 0 Å². The van der Waals surface area contributed by atoms with Crippen LogP contribution in [0, 0.1) is 13.8 Å². The van der Waals surface area contributed by atoms with Gasteiger partial charge in [-0.05, 0) is 66.9 Å². The number of benzene rings is 2. The van der Waals surface area contributed by atoms with E-state index in [0.717, 1.165) is 45.0 Å². The lowest BCUT2D eigenvalue weighted by Gasteiger charge is -2.08. The van der Waals surface area contributed by atoms with Crippen LogP contribution in [0.1, 0.15) is 16.7 Å². The van der Waals surface area contributed by atoms with Gasteiger partial charge in [-0.25, -0.2) is 4.98 Å². The Bertz CT molecular complexity index is 1340. The van der Waals surface area contributed by atoms with Crippen molar-refractivity contribution in [3.05, 3.63) is 83.7 Å². The summed E-state index contributed by atoms with van der Waals surface area (Å²) in [6.45, 7) is 4.24. The molecule has 1 aliphatic heterocycles. The van der Waals surface area contributed by atoms with Gasteiger partial charge < -0.3 is 19.2 Å². The number of carbonyl (C=O) groups excluding carboxylic acids is 1. The fourth-order valence-corrected chi connectivity index (χ4v) is 3.50. The summed E-state index contributed by atoms with van der Waals surface area (Å²) in [6.07, 6.45) is 7.25. The van der Waals surface area contributed by atoms with E-state index in [1.165, 1.54) is 6.08 Å². The third-order valence-electron chi connectivity index (χ3n) is 5.23. The summed E-state index contributed by atoms with van der Waals surface area (Å²) in [5, 5.41) is 2.97. The third-order valence-corrected chi connectivity index (χ3v) is 5.23. The van der Waals surface area contributed by atoms with Crippen molar-refractivity contribution in [2.24, 2.45) is 0 Å². The average Bonchev–Trinajstić information content (AvgIpc) is 3.39. The number of nitrogens with one attached hydrogen (secondary N) is 1. The smallest absolute Gasteiger partial charge is 0.248 e. The highest BCUT2D eigenvalue weighted by Crippen LogP contribution is 2.33. The number of amides is 1. The highest BCUT2D eigenvalue weighted by molar-refractivity contribution is 6.02. The van der Waals surface area contributed by atoms with Crippen molar-refractivity contribution in [3.8, 4) is 22.8 Å². The Morgan fingerprint density at radius 2 is 1.94 bits per heavy atom. The minimum absolute atomic E-state index is 0.205. The number of imidazole rings is 1. The molecule has 0 saturated carbocycles. The molecule has 0 unspecified atom stereocenters. The molecule has 2 aromatic carbocycles. The SMILES string of the molecule is Cc1ccn2cc(-c3ccc(C)c(NC(=O)/C=C/c4ccc5c(c4)OCO5)c3)nc2c1. The van der Waals surface area contributed by atoms with Gasteiger partial charge in [0.15, 0.2) is 11.5 Å². The van der Waals surface area contributed by atoms with Gasteiger partial charge >= 0.3 is 0 Å². The maximum absolute atomic E-state index is 12.5. The summed E-state index contributed by atoms with van der Waals surface area (Å²) in [5.74, 6) is 1.20. The van der Waals surface area contributed by atoms with Crippen LogP contribution in [0.5, 0.6) is 11.5 Å². The average molecular weight is 411 g/mol. The molecule has 1 N–H and O–H groups in total. The fraction of sp³-hybridized carbons (Fsp3) is 0.120. The second-order valence-electron chi connectivity index (χ2n) is 7.56. The number of hydrogen-bond acceptors (Lipinski definition) is 4. The Morgan fingerprint density at radius 1 is 1.06 bits per heavy atom. The lowest BCUT2D eigenvalue weighted by atomic mass is 10.1. The van der Waals surface area contributed by atoms with Crippen LogP contribution in [0.25, 0.3) is 23.0 Å². The van der Waals surface area contributed by atoms with Crippen LogP contribution in [0.3, 0.4) is 0 Å². The van der Waals surface area contributed by atoms with Crippen LogP contribution in [-0.2, 0) is 4.79 Å². The van der Waals surface area contributed by atoms with Gasteiger partial charge in [0.1, 0.15) is 5.65 Å². The molecule has 6 heteroatoms. The predicted octanol–water partition coefficient (Wildman–Crippen LogP) is 5.00. The van der Waals surface area contributed by atoms with Gasteiger partial charge in [0.2, 0.25) is 12.7 Å². The molecule has 3 heterocycles. The number of nitrogens with zero attached hydrogens (tertiary/aromatic N) is 2. The Labute approximate surface area is 179 Å². The van der Waals surface area contributed by atoms with Gasteiger partial charge in [0.05, 0.1) is 5.69 Å². The summed E-state index contributed by atoms with van der Waals surface area (Å²) >= 11 is 0. The van der Waals surface area contributed by atoms with E-state index in [4.69, 9.17) is 14.5 Å². The van der Waals surface area contributed by atoms with E-state index >= 15 is 0 Å². The Kier molecular flexibility index (Phi) is 4.67. The number of fused-ring (bicyclic) bond motifs is 2. The molecule has 0 atom stereocenters. The summed E-state index contributed by atoms with van der Waals surface area (Å²) in [6, 6.07) is 15.6. The first-order valence-corrected chi connectivity index (χ1v) is 10.0.